The highest BCUT2D eigenvalue weighted by molar-refractivity contribution is 6.11. The molecule has 0 aromatic heterocycles. The molecule has 1 aliphatic rings. The van der Waals surface area contributed by atoms with Gasteiger partial charge in [-0.3, -0.25) is 0 Å². The maximum atomic E-state index is 12.6. The van der Waals surface area contributed by atoms with Crippen molar-refractivity contribution in [2.75, 3.05) is 5.32 Å². The Balaban J connectivity index is 2.05. The number of nitrogens with one attached hydrogen (secondary N) is 1. The lowest BCUT2D eigenvalue weighted by molar-refractivity contribution is -0.137. The van der Waals surface area contributed by atoms with Crippen molar-refractivity contribution in [2.45, 2.75) is 43.7 Å². The van der Waals surface area contributed by atoms with Crippen molar-refractivity contribution < 1.29 is 13.2 Å². The van der Waals surface area contributed by atoms with E-state index in [-0.39, 0.29) is 0 Å². The maximum absolute atomic E-state index is 12.6. The molecule has 18 heavy (non-hydrogen) atoms. The average molecular weight is 255 g/mol. The lowest BCUT2D eigenvalue weighted by Gasteiger charge is -2.28. The molecule has 5 heteroatoms. The Labute approximate surface area is 106 Å². The Morgan fingerprint density at radius 1 is 1.22 bits per heavy atom. The molecule has 0 bridgehead atoms. The van der Waals surface area contributed by atoms with Crippen LogP contribution in [0.1, 0.15) is 31.2 Å². The van der Waals surface area contributed by atoms with E-state index >= 15 is 0 Å². The SMILES string of the molecule is BC1CCCC(Nc2cccc(C(F)(F)F)c2)C1. The minimum absolute atomic E-state index is 0.303. The zero-order valence-electron chi connectivity index (χ0n) is 10.4. The van der Waals surface area contributed by atoms with Crippen LogP contribution in [0, 0.1) is 0 Å². The van der Waals surface area contributed by atoms with Crippen LogP contribution in [0.25, 0.3) is 0 Å². The van der Waals surface area contributed by atoms with Gasteiger partial charge in [0.2, 0.25) is 0 Å². The number of hydrogen-bond donors (Lipinski definition) is 1. The van der Waals surface area contributed by atoms with Crippen molar-refractivity contribution in [1.82, 2.24) is 0 Å². The molecular formula is C13H17BF3N. The Kier molecular flexibility index (Phi) is 3.88. The monoisotopic (exact) mass is 255 g/mol. The molecule has 0 aliphatic heterocycles. The van der Waals surface area contributed by atoms with Crippen LogP contribution in [0.4, 0.5) is 18.9 Å². The maximum Gasteiger partial charge on any atom is 0.416 e. The van der Waals surface area contributed by atoms with Gasteiger partial charge in [0, 0.05) is 11.7 Å². The van der Waals surface area contributed by atoms with Gasteiger partial charge in [-0.25, -0.2) is 0 Å². The lowest BCUT2D eigenvalue weighted by atomic mass is 9.73. The predicted molar refractivity (Wildman–Crippen MR) is 69.6 cm³/mol. The predicted octanol–water partition coefficient (Wildman–Crippen LogP) is 3.48. The first-order valence-corrected chi connectivity index (χ1v) is 6.39. The summed E-state index contributed by atoms with van der Waals surface area (Å²) in [6.07, 6.45) is 0.187. The van der Waals surface area contributed by atoms with Gasteiger partial charge < -0.3 is 5.32 Å². The lowest BCUT2D eigenvalue weighted by Crippen LogP contribution is -2.25. The zero-order chi connectivity index (χ0) is 13.2. The molecule has 2 unspecified atom stereocenters. The Hall–Kier alpha value is -1.13. The van der Waals surface area contributed by atoms with E-state index in [9.17, 15) is 13.2 Å². The molecule has 1 aromatic rings. The molecule has 0 amide bonds. The van der Waals surface area contributed by atoms with Crippen LogP contribution in [-0.4, -0.2) is 13.9 Å². The summed E-state index contributed by atoms with van der Waals surface area (Å²) in [4.78, 5) is 0. The number of hydrogen-bond acceptors (Lipinski definition) is 1. The quantitative estimate of drug-likeness (QED) is 0.797. The minimum atomic E-state index is -4.27. The highest BCUT2D eigenvalue weighted by Crippen LogP contribution is 2.32. The third-order valence-corrected chi connectivity index (χ3v) is 3.50. The van der Waals surface area contributed by atoms with Crippen molar-refractivity contribution in [3.8, 4) is 0 Å². The standard InChI is InChI=1S/C13H17BF3N/c14-10-4-2-6-12(8-10)18-11-5-1-3-9(7-11)13(15,16)17/h1,3,5,7,10,12,18H,2,4,6,8,14H2. The first kappa shape index (κ1) is 13.3. The molecule has 0 radical (unpaired) electrons. The van der Waals surface area contributed by atoms with Crippen LogP contribution in [-0.2, 0) is 6.18 Å². The van der Waals surface area contributed by atoms with Gasteiger partial charge in [0.1, 0.15) is 7.85 Å². The van der Waals surface area contributed by atoms with Crippen LogP contribution in [0.2, 0.25) is 5.82 Å². The summed E-state index contributed by atoms with van der Waals surface area (Å²) in [5, 5.41) is 3.22. The fourth-order valence-corrected chi connectivity index (χ4v) is 2.59. The second-order valence-corrected chi connectivity index (χ2v) is 5.19. The van der Waals surface area contributed by atoms with E-state index in [1.54, 1.807) is 6.07 Å². The van der Waals surface area contributed by atoms with Gasteiger partial charge >= 0.3 is 6.18 Å². The molecule has 0 saturated heterocycles. The van der Waals surface area contributed by atoms with Crippen molar-refractivity contribution >= 4 is 13.5 Å². The summed E-state index contributed by atoms with van der Waals surface area (Å²) in [5.74, 6) is 0.655. The molecule has 1 aliphatic carbocycles. The van der Waals surface area contributed by atoms with Gasteiger partial charge in [-0.1, -0.05) is 24.7 Å². The minimum Gasteiger partial charge on any atom is -0.382 e. The molecular weight excluding hydrogens is 238 g/mol. The second-order valence-electron chi connectivity index (χ2n) is 5.19. The van der Waals surface area contributed by atoms with E-state index in [1.807, 2.05) is 0 Å². The summed E-state index contributed by atoms with van der Waals surface area (Å²) in [6, 6.07) is 5.76. The third kappa shape index (κ3) is 3.43. The molecule has 2 rings (SSSR count). The molecule has 1 aromatic carbocycles. The van der Waals surface area contributed by atoms with Crippen LogP contribution in [0.3, 0.4) is 0 Å². The van der Waals surface area contributed by atoms with E-state index < -0.39 is 11.7 Å². The molecule has 0 spiro atoms. The summed E-state index contributed by atoms with van der Waals surface area (Å²) < 4.78 is 37.7. The first-order chi connectivity index (χ1) is 8.45. The number of halogens is 3. The number of anilines is 1. The van der Waals surface area contributed by atoms with Crippen LogP contribution >= 0.6 is 0 Å². The normalized spacial score (nSPS) is 24.8. The van der Waals surface area contributed by atoms with Crippen LogP contribution in [0.15, 0.2) is 24.3 Å². The van der Waals surface area contributed by atoms with Gasteiger partial charge in [0.05, 0.1) is 5.56 Å². The largest absolute Gasteiger partial charge is 0.416 e. The summed E-state index contributed by atoms with van der Waals surface area (Å²) >= 11 is 0. The Morgan fingerprint density at radius 3 is 2.67 bits per heavy atom. The number of benzene rings is 1. The summed E-state index contributed by atoms with van der Waals surface area (Å²) in [5.41, 5.74) is -0.0136. The molecule has 98 valence electrons. The summed E-state index contributed by atoms with van der Waals surface area (Å²) in [7, 11) is 2.19. The van der Waals surface area contributed by atoms with Gasteiger partial charge in [0.25, 0.3) is 0 Å². The first-order valence-electron chi connectivity index (χ1n) is 6.39. The third-order valence-electron chi connectivity index (χ3n) is 3.50. The summed E-state index contributed by atoms with van der Waals surface area (Å²) in [6.45, 7) is 0. The zero-order valence-corrected chi connectivity index (χ0v) is 10.4. The van der Waals surface area contributed by atoms with Gasteiger partial charge in [-0.2, -0.15) is 13.2 Å². The van der Waals surface area contributed by atoms with Crippen molar-refractivity contribution in [1.29, 1.82) is 0 Å². The highest BCUT2D eigenvalue weighted by atomic mass is 19.4. The van der Waals surface area contributed by atoms with E-state index in [2.05, 4.69) is 13.2 Å². The molecule has 1 nitrogen and oxygen atoms in total. The fourth-order valence-electron chi connectivity index (χ4n) is 2.59. The van der Waals surface area contributed by atoms with E-state index in [4.69, 9.17) is 0 Å². The van der Waals surface area contributed by atoms with E-state index in [1.165, 1.54) is 18.6 Å². The molecule has 2 atom stereocenters. The van der Waals surface area contributed by atoms with Crippen LogP contribution in [0.5, 0.6) is 0 Å². The van der Waals surface area contributed by atoms with E-state index in [0.29, 0.717) is 17.5 Å². The Bertz CT molecular complexity index is 405. The molecule has 1 saturated carbocycles. The molecule has 0 heterocycles. The number of rotatable bonds is 2. The second kappa shape index (κ2) is 5.25. The smallest absolute Gasteiger partial charge is 0.382 e. The van der Waals surface area contributed by atoms with Crippen molar-refractivity contribution in [2.24, 2.45) is 0 Å². The highest BCUT2D eigenvalue weighted by Gasteiger charge is 2.30. The van der Waals surface area contributed by atoms with E-state index in [0.717, 1.165) is 25.3 Å². The van der Waals surface area contributed by atoms with Gasteiger partial charge in [-0.15, -0.1) is 0 Å². The molecule has 1 N–H and O–H groups in total. The number of alkyl halides is 3. The van der Waals surface area contributed by atoms with Crippen molar-refractivity contribution in [3.05, 3.63) is 29.8 Å². The van der Waals surface area contributed by atoms with Crippen molar-refractivity contribution in [3.63, 3.8) is 0 Å². The molecule has 1 fully saturated rings. The van der Waals surface area contributed by atoms with Crippen LogP contribution < -0.4 is 5.32 Å². The van der Waals surface area contributed by atoms with Gasteiger partial charge in [-0.05, 0) is 31.0 Å². The van der Waals surface area contributed by atoms with Gasteiger partial charge in [0.15, 0.2) is 0 Å². The fraction of sp³-hybridized carbons (Fsp3) is 0.538. The topological polar surface area (TPSA) is 12.0 Å². The average Bonchev–Trinajstić information content (AvgIpc) is 2.28. The Morgan fingerprint density at radius 2 is 2.00 bits per heavy atom.